The van der Waals surface area contributed by atoms with Gasteiger partial charge in [-0.3, -0.25) is 5.41 Å². The fourth-order valence-corrected chi connectivity index (χ4v) is 2.19. The van der Waals surface area contributed by atoms with Gasteiger partial charge < -0.3 is 15.5 Å². The lowest BCUT2D eigenvalue weighted by atomic mass is 10.2. The average Bonchev–Trinajstić information content (AvgIpc) is 2.35. The van der Waals surface area contributed by atoms with E-state index in [4.69, 9.17) is 22.7 Å². The highest BCUT2D eigenvalue weighted by Crippen LogP contribution is 2.26. The van der Waals surface area contributed by atoms with Gasteiger partial charge in [0.15, 0.2) is 0 Å². The number of anilines is 1. The molecule has 0 saturated heterocycles. The minimum Gasteiger partial charge on any atom is -0.384 e. The number of aromatic nitrogens is 1. The Hall–Kier alpha value is -1.33. The number of nitrogens with two attached hydrogens (primary N) is 1. The monoisotopic (exact) mass is 283 g/mol. The summed E-state index contributed by atoms with van der Waals surface area (Å²) in [6.45, 7) is 4.78. The van der Waals surface area contributed by atoms with Crippen molar-refractivity contribution in [2.75, 3.05) is 38.6 Å². The Morgan fingerprint density at radius 2 is 2.11 bits per heavy atom. The number of nitrogens with zero attached hydrogens (tertiary/aromatic N) is 3. The Labute approximate surface area is 119 Å². The molecule has 0 amide bonds. The minimum atomic E-state index is -0.0296. The molecule has 3 N–H and O–H groups in total. The minimum absolute atomic E-state index is 0.0296. The van der Waals surface area contributed by atoms with E-state index in [1.165, 1.54) is 0 Å². The second-order valence-electron chi connectivity index (χ2n) is 4.65. The van der Waals surface area contributed by atoms with Crippen molar-refractivity contribution in [3.8, 4) is 0 Å². The Balaban J connectivity index is 2.86. The van der Waals surface area contributed by atoms with Crippen LogP contribution in [0.3, 0.4) is 0 Å². The van der Waals surface area contributed by atoms with E-state index in [1.54, 1.807) is 12.3 Å². The molecule has 0 unspecified atom stereocenters. The lowest BCUT2D eigenvalue weighted by molar-refractivity contribution is 0.400. The van der Waals surface area contributed by atoms with Crippen molar-refractivity contribution in [3.05, 3.63) is 22.8 Å². The number of halogens is 1. The van der Waals surface area contributed by atoms with Gasteiger partial charge in [-0.05, 0) is 40.1 Å². The number of hydrogen-bond donors (Lipinski definition) is 2. The molecule has 0 fully saturated rings. The Bertz CT molecular complexity index is 433. The van der Waals surface area contributed by atoms with Crippen LogP contribution in [0.5, 0.6) is 0 Å². The second kappa shape index (κ2) is 7.31. The number of nitrogen functional groups attached to an aromatic ring is 1. The van der Waals surface area contributed by atoms with Crippen molar-refractivity contribution in [1.82, 2.24) is 9.88 Å². The van der Waals surface area contributed by atoms with Gasteiger partial charge in [0.1, 0.15) is 11.7 Å². The SMILES string of the molecule is CCN(CCCN(C)C)c1nccc(C(=N)N)c1Cl. The molecule has 0 saturated carbocycles. The molecule has 6 heteroatoms. The Morgan fingerprint density at radius 1 is 1.42 bits per heavy atom. The summed E-state index contributed by atoms with van der Waals surface area (Å²) < 4.78 is 0. The van der Waals surface area contributed by atoms with Crippen molar-refractivity contribution in [2.45, 2.75) is 13.3 Å². The zero-order chi connectivity index (χ0) is 14.4. The van der Waals surface area contributed by atoms with Gasteiger partial charge in [-0.15, -0.1) is 0 Å². The van der Waals surface area contributed by atoms with Crippen LogP contribution in [-0.4, -0.2) is 49.4 Å². The number of hydrogen-bond acceptors (Lipinski definition) is 4. The van der Waals surface area contributed by atoms with Crippen molar-refractivity contribution in [1.29, 1.82) is 5.41 Å². The first kappa shape index (κ1) is 15.7. The maximum absolute atomic E-state index is 7.51. The van der Waals surface area contributed by atoms with Crippen molar-refractivity contribution in [2.24, 2.45) is 5.73 Å². The molecule has 0 bridgehead atoms. The van der Waals surface area contributed by atoms with Crippen LogP contribution in [0.2, 0.25) is 5.02 Å². The van der Waals surface area contributed by atoms with Gasteiger partial charge in [0.2, 0.25) is 0 Å². The topological polar surface area (TPSA) is 69.2 Å². The normalized spacial score (nSPS) is 10.8. The Morgan fingerprint density at radius 3 is 2.63 bits per heavy atom. The molecule has 1 aromatic heterocycles. The summed E-state index contributed by atoms with van der Waals surface area (Å²) >= 11 is 6.28. The van der Waals surface area contributed by atoms with Crippen LogP contribution in [0.25, 0.3) is 0 Å². The maximum Gasteiger partial charge on any atom is 0.148 e. The highest BCUT2D eigenvalue weighted by Gasteiger charge is 2.14. The van der Waals surface area contributed by atoms with Gasteiger partial charge in [0, 0.05) is 24.8 Å². The summed E-state index contributed by atoms with van der Waals surface area (Å²) in [5, 5.41) is 7.97. The maximum atomic E-state index is 7.51. The van der Waals surface area contributed by atoms with Gasteiger partial charge >= 0.3 is 0 Å². The lowest BCUT2D eigenvalue weighted by Gasteiger charge is -2.24. The lowest BCUT2D eigenvalue weighted by Crippen LogP contribution is -2.28. The van der Waals surface area contributed by atoms with E-state index in [9.17, 15) is 0 Å². The zero-order valence-electron chi connectivity index (χ0n) is 11.8. The fourth-order valence-electron chi connectivity index (χ4n) is 1.85. The van der Waals surface area contributed by atoms with Crippen LogP contribution in [0, 0.1) is 5.41 Å². The highest BCUT2D eigenvalue weighted by atomic mass is 35.5. The summed E-state index contributed by atoms with van der Waals surface area (Å²) in [7, 11) is 4.11. The molecule has 0 aliphatic carbocycles. The Kier molecular flexibility index (Phi) is 6.05. The molecule has 106 valence electrons. The van der Waals surface area contributed by atoms with Crippen LogP contribution < -0.4 is 10.6 Å². The smallest absolute Gasteiger partial charge is 0.148 e. The number of rotatable bonds is 7. The van der Waals surface area contributed by atoms with Crippen molar-refractivity contribution < 1.29 is 0 Å². The second-order valence-corrected chi connectivity index (χ2v) is 5.02. The molecular weight excluding hydrogens is 262 g/mol. The van der Waals surface area contributed by atoms with Crippen LogP contribution in [0.4, 0.5) is 5.82 Å². The van der Waals surface area contributed by atoms with Crippen LogP contribution in [0.15, 0.2) is 12.3 Å². The van der Waals surface area contributed by atoms with Gasteiger partial charge in [0.25, 0.3) is 0 Å². The highest BCUT2D eigenvalue weighted by molar-refractivity contribution is 6.36. The van der Waals surface area contributed by atoms with Crippen LogP contribution in [-0.2, 0) is 0 Å². The molecule has 0 spiro atoms. The third-order valence-electron chi connectivity index (χ3n) is 2.88. The standard InChI is InChI=1S/C13H22ClN5/c1-4-19(9-5-8-18(2)3)13-11(14)10(12(15)16)6-7-17-13/h6-7H,4-5,8-9H2,1-3H3,(H3,15,16). The van der Waals surface area contributed by atoms with Crippen LogP contribution in [0.1, 0.15) is 18.9 Å². The van der Waals surface area contributed by atoms with Crippen LogP contribution >= 0.6 is 11.6 Å². The van der Waals surface area contributed by atoms with Crippen molar-refractivity contribution >= 4 is 23.3 Å². The van der Waals surface area contributed by atoms with Gasteiger partial charge in [-0.2, -0.15) is 0 Å². The number of nitrogens with one attached hydrogen (secondary N) is 1. The van der Waals surface area contributed by atoms with E-state index >= 15 is 0 Å². The first-order chi connectivity index (χ1) is 8.97. The first-order valence-corrected chi connectivity index (χ1v) is 6.73. The average molecular weight is 284 g/mol. The molecule has 1 rings (SSSR count). The first-order valence-electron chi connectivity index (χ1n) is 6.36. The zero-order valence-corrected chi connectivity index (χ0v) is 12.5. The molecule has 0 atom stereocenters. The van der Waals surface area contributed by atoms with Crippen molar-refractivity contribution in [3.63, 3.8) is 0 Å². The summed E-state index contributed by atoms with van der Waals surface area (Å²) in [6, 6.07) is 1.67. The molecular formula is C13H22ClN5. The summed E-state index contributed by atoms with van der Waals surface area (Å²) in [6.07, 6.45) is 2.68. The van der Waals surface area contributed by atoms with E-state index < -0.39 is 0 Å². The quantitative estimate of drug-likeness (QED) is 0.591. The summed E-state index contributed by atoms with van der Waals surface area (Å²) in [4.78, 5) is 8.58. The van der Waals surface area contributed by atoms with E-state index in [1.807, 2.05) is 0 Å². The van der Waals surface area contributed by atoms with E-state index in [2.05, 4.69) is 35.8 Å². The molecule has 1 heterocycles. The largest absolute Gasteiger partial charge is 0.384 e. The summed E-state index contributed by atoms with van der Waals surface area (Å²) in [5.74, 6) is 0.675. The van der Waals surface area contributed by atoms with E-state index in [-0.39, 0.29) is 5.84 Å². The molecule has 5 nitrogen and oxygen atoms in total. The van der Waals surface area contributed by atoms with E-state index in [0.29, 0.717) is 16.4 Å². The molecule has 0 radical (unpaired) electrons. The van der Waals surface area contributed by atoms with Gasteiger partial charge in [-0.1, -0.05) is 11.6 Å². The van der Waals surface area contributed by atoms with Gasteiger partial charge in [0.05, 0.1) is 5.02 Å². The van der Waals surface area contributed by atoms with E-state index in [0.717, 1.165) is 26.1 Å². The predicted octanol–water partition coefficient (Wildman–Crippen LogP) is 1.80. The third kappa shape index (κ3) is 4.36. The molecule has 1 aromatic rings. The number of pyridine rings is 1. The summed E-state index contributed by atoms with van der Waals surface area (Å²) in [5.41, 5.74) is 6.05. The molecule has 0 aliphatic rings. The van der Waals surface area contributed by atoms with Gasteiger partial charge in [-0.25, -0.2) is 4.98 Å². The third-order valence-corrected chi connectivity index (χ3v) is 3.25. The molecule has 0 aromatic carbocycles. The fraction of sp³-hybridized carbons (Fsp3) is 0.538. The molecule has 19 heavy (non-hydrogen) atoms. The molecule has 0 aliphatic heterocycles. The number of amidine groups is 1. The predicted molar refractivity (Wildman–Crippen MR) is 81.3 cm³/mol.